The number of likely N-dealkylation sites (tertiary alicyclic amines) is 1. The van der Waals surface area contributed by atoms with E-state index in [1.807, 2.05) is 18.2 Å². The van der Waals surface area contributed by atoms with Crippen LogP contribution in [-0.2, 0) is 0 Å². The van der Waals surface area contributed by atoms with E-state index < -0.39 is 0 Å². The first-order valence-corrected chi connectivity index (χ1v) is 8.13. The molecule has 2 aromatic rings. The first kappa shape index (κ1) is 14.8. The van der Waals surface area contributed by atoms with Crippen molar-refractivity contribution in [2.24, 2.45) is 0 Å². The van der Waals surface area contributed by atoms with Crippen molar-refractivity contribution in [2.75, 3.05) is 19.8 Å². The number of benzene rings is 1. The van der Waals surface area contributed by atoms with Gasteiger partial charge in [-0.05, 0) is 25.0 Å². The van der Waals surface area contributed by atoms with Crippen molar-refractivity contribution >= 4 is 5.91 Å². The Balaban J connectivity index is 1.69. The molecule has 4 rings (SSSR count). The zero-order valence-electron chi connectivity index (χ0n) is 13.2. The summed E-state index contributed by atoms with van der Waals surface area (Å²) < 4.78 is 12.1. The molecule has 1 aromatic heterocycles. The van der Waals surface area contributed by atoms with Crippen LogP contribution < -0.4 is 14.2 Å². The van der Waals surface area contributed by atoms with E-state index in [9.17, 15) is 10.0 Å². The van der Waals surface area contributed by atoms with Gasteiger partial charge >= 0.3 is 5.91 Å². The first-order valence-electron chi connectivity index (χ1n) is 8.13. The Kier molecular flexibility index (Phi) is 3.72. The van der Waals surface area contributed by atoms with Gasteiger partial charge in [0.05, 0.1) is 6.04 Å². The Morgan fingerprint density at radius 2 is 2.04 bits per heavy atom. The SMILES string of the molecule is O=C(c1cccc[n+]1[O-])N1CCCC1c1cccc2c1OCCO2. The summed E-state index contributed by atoms with van der Waals surface area (Å²) >= 11 is 0. The first-order chi connectivity index (χ1) is 11.8. The number of carbonyl (C=O) groups is 1. The van der Waals surface area contributed by atoms with Gasteiger partial charge in [0.2, 0.25) is 0 Å². The Morgan fingerprint density at radius 1 is 1.17 bits per heavy atom. The molecule has 0 radical (unpaired) electrons. The third-order valence-corrected chi connectivity index (χ3v) is 4.51. The average molecular weight is 326 g/mol. The van der Waals surface area contributed by atoms with E-state index in [0.29, 0.717) is 24.5 Å². The van der Waals surface area contributed by atoms with Crippen molar-refractivity contribution in [3.05, 3.63) is 59.1 Å². The van der Waals surface area contributed by atoms with Crippen LogP contribution in [0.3, 0.4) is 0 Å². The maximum absolute atomic E-state index is 12.9. The second-order valence-electron chi connectivity index (χ2n) is 5.94. The predicted octanol–water partition coefficient (Wildman–Crippen LogP) is 2.07. The summed E-state index contributed by atoms with van der Waals surface area (Å²) in [6, 6.07) is 10.5. The second-order valence-corrected chi connectivity index (χ2v) is 5.94. The summed E-state index contributed by atoms with van der Waals surface area (Å²) in [6.07, 6.45) is 3.09. The Hall–Kier alpha value is -2.76. The standard InChI is InChI=1S/C18H18N2O4/c21-18(15-6-1-2-10-20(15)22)19-9-4-7-14(19)13-5-3-8-16-17(13)24-12-11-23-16/h1-3,5-6,8,10,14H,4,7,9,11-12H2. The fourth-order valence-corrected chi connectivity index (χ4v) is 3.43. The van der Waals surface area contributed by atoms with E-state index >= 15 is 0 Å². The van der Waals surface area contributed by atoms with Gasteiger partial charge in [-0.15, -0.1) is 0 Å². The fourth-order valence-electron chi connectivity index (χ4n) is 3.43. The highest BCUT2D eigenvalue weighted by atomic mass is 16.6. The molecule has 1 aromatic carbocycles. The molecule has 1 amide bonds. The van der Waals surface area contributed by atoms with Crippen molar-refractivity contribution in [2.45, 2.75) is 18.9 Å². The van der Waals surface area contributed by atoms with Gasteiger partial charge < -0.3 is 19.6 Å². The minimum absolute atomic E-state index is 0.102. The van der Waals surface area contributed by atoms with Gasteiger partial charge in [-0.1, -0.05) is 12.1 Å². The third-order valence-electron chi connectivity index (χ3n) is 4.51. The van der Waals surface area contributed by atoms with Gasteiger partial charge in [-0.2, -0.15) is 4.73 Å². The van der Waals surface area contributed by atoms with E-state index in [-0.39, 0.29) is 17.6 Å². The highest BCUT2D eigenvalue weighted by Crippen LogP contribution is 2.43. The molecule has 1 saturated heterocycles. The third kappa shape index (κ3) is 2.44. The fraction of sp³-hybridized carbons (Fsp3) is 0.333. The normalized spacial score (nSPS) is 19.3. The molecule has 6 heteroatoms. The minimum Gasteiger partial charge on any atom is -0.618 e. The average Bonchev–Trinajstić information content (AvgIpc) is 3.10. The molecular weight excluding hydrogens is 308 g/mol. The lowest BCUT2D eigenvalue weighted by Crippen LogP contribution is -2.41. The second kappa shape index (κ2) is 6.03. The summed E-state index contributed by atoms with van der Waals surface area (Å²) in [7, 11) is 0. The van der Waals surface area contributed by atoms with Crippen LogP contribution in [0.5, 0.6) is 11.5 Å². The summed E-state index contributed by atoms with van der Waals surface area (Å²) in [5, 5.41) is 11.9. The number of rotatable bonds is 2. The molecule has 3 heterocycles. The van der Waals surface area contributed by atoms with Crippen LogP contribution in [0.1, 0.15) is 34.9 Å². The maximum Gasteiger partial charge on any atom is 0.320 e. The molecule has 1 fully saturated rings. The highest BCUT2D eigenvalue weighted by molar-refractivity contribution is 5.91. The molecule has 0 aliphatic carbocycles. The number of hydrogen-bond donors (Lipinski definition) is 0. The van der Waals surface area contributed by atoms with Crippen LogP contribution in [-0.4, -0.2) is 30.6 Å². The Bertz CT molecular complexity index is 777. The highest BCUT2D eigenvalue weighted by Gasteiger charge is 2.36. The Labute approximate surface area is 139 Å². The monoisotopic (exact) mass is 326 g/mol. The van der Waals surface area contributed by atoms with Crippen LogP contribution in [0.2, 0.25) is 0 Å². The van der Waals surface area contributed by atoms with Crippen molar-refractivity contribution < 1.29 is 19.0 Å². The number of nitrogens with zero attached hydrogens (tertiary/aromatic N) is 2. The van der Waals surface area contributed by atoms with Gasteiger partial charge in [0.1, 0.15) is 13.2 Å². The number of carbonyl (C=O) groups excluding carboxylic acids is 1. The molecule has 2 aliphatic rings. The van der Waals surface area contributed by atoms with Crippen LogP contribution in [0, 0.1) is 5.21 Å². The molecule has 24 heavy (non-hydrogen) atoms. The molecule has 2 aliphatic heterocycles. The molecule has 1 atom stereocenters. The lowest BCUT2D eigenvalue weighted by atomic mass is 10.0. The molecule has 0 saturated carbocycles. The lowest BCUT2D eigenvalue weighted by Gasteiger charge is -2.28. The van der Waals surface area contributed by atoms with Crippen molar-refractivity contribution in [3.8, 4) is 11.5 Å². The predicted molar refractivity (Wildman–Crippen MR) is 85.8 cm³/mol. The molecule has 0 spiro atoms. The summed E-state index contributed by atoms with van der Waals surface area (Å²) in [5.74, 6) is 1.19. The van der Waals surface area contributed by atoms with Gasteiger partial charge in [-0.3, -0.25) is 4.79 Å². The zero-order chi connectivity index (χ0) is 16.5. The summed E-state index contributed by atoms with van der Waals surface area (Å²) in [4.78, 5) is 14.6. The topological polar surface area (TPSA) is 65.7 Å². The number of fused-ring (bicyclic) bond motifs is 1. The molecule has 0 N–H and O–H groups in total. The van der Waals surface area contributed by atoms with Gasteiger partial charge in [0.25, 0.3) is 5.69 Å². The smallest absolute Gasteiger partial charge is 0.320 e. The lowest BCUT2D eigenvalue weighted by molar-refractivity contribution is -0.608. The molecule has 1 unspecified atom stereocenters. The number of hydrogen-bond acceptors (Lipinski definition) is 4. The zero-order valence-corrected chi connectivity index (χ0v) is 13.2. The molecule has 0 bridgehead atoms. The van der Waals surface area contributed by atoms with Crippen molar-refractivity contribution in [1.82, 2.24) is 4.90 Å². The van der Waals surface area contributed by atoms with E-state index in [4.69, 9.17) is 9.47 Å². The van der Waals surface area contributed by atoms with Crippen LogP contribution in [0.15, 0.2) is 42.6 Å². The van der Waals surface area contributed by atoms with Crippen molar-refractivity contribution in [1.29, 1.82) is 0 Å². The largest absolute Gasteiger partial charge is 0.618 e. The molecular formula is C18H18N2O4. The van der Waals surface area contributed by atoms with E-state index in [1.54, 1.807) is 23.1 Å². The Morgan fingerprint density at radius 3 is 2.92 bits per heavy atom. The summed E-state index contributed by atoms with van der Waals surface area (Å²) in [5.41, 5.74) is 1.10. The number of pyridine rings is 1. The van der Waals surface area contributed by atoms with Crippen LogP contribution in [0.4, 0.5) is 0 Å². The number of amides is 1. The minimum atomic E-state index is -0.248. The van der Waals surface area contributed by atoms with Gasteiger partial charge in [0, 0.05) is 24.2 Å². The quantitative estimate of drug-likeness (QED) is 0.626. The number of aromatic nitrogens is 1. The van der Waals surface area contributed by atoms with E-state index in [2.05, 4.69) is 0 Å². The van der Waals surface area contributed by atoms with Gasteiger partial charge in [0.15, 0.2) is 17.7 Å². The summed E-state index contributed by atoms with van der Waals surface area (Å²) in [6.45, 7) is 1.66. The number of ether oxygens (including phenoxy) is 2. The van der Waals surface area contributed by atoms with Crippen LogP contribution in [0.25, 0.3) is 0 Å². The van der Waals surface area contributed by atoms with Gasteiger partial charge in [-0.25, -0.2) is 0 Å². The maximum atomic E-state index is 12.9. The van der Waals surface area contributed by atoms with E-state index in [1.165, 1.54) is 6.20 Å². The number of para-hydroxylation sites is 1. The van der Waals surface area contributed by atoms with Crippen molar-refractivity contribution in [3.63, 3.8) is 0 Å². The molecule has 124 valence electrons. The van der Waals surface area contributed by atoms with Crippen LogP contribution >= 0.6 is 0 Å². The van der Waals surface area contributed by atoms with E-state index in [0.717, 1.165) is 29.9 Å². The molecule has 6 nitrogen and oxygen atoms in total.